The van der Waals surface area contributed by atoms with E-state index in [1.165, 1.54) is 5.56 Å². The molecule has 2 N–H and O–H groups in total. The fourth-order valence-electron chi connectivity index (χ4n) is 3.00. The highest BCUT2D eigenvalue weighted by atomic mass is 19.1. The largest absolute Gasteiger partial charge is 0.390 e. The summed E-state index contributed by atoms with van der Waals surface area (Å²) in [6.45, 7) is 1.62. The number of alkyl halides is 1. The molecule has 0 radical (unpaired) electrons. The van der Waals surface area contributed by atoms with Crippen molar-refractivity contribution >= 4 is 0 Å². The number of halogens is 1. The van der Waals surface area contributed by atoms with E-state index in [0.717, 1.165) is 0 Å². The normalized spacial score (nSPS) is 37.3. The van der Waals surface area contributed by atoms with E-state index in [0.29, 0.717) is 19.6 Å². The third kappa shape index (κ3) is 1.97. The summed E-state index contributed by atoms with van der Waals surface area (Å²) in [4.78, 5) is 2.05. The predicted molar refractivity (Wildman–Crippen MR) is 63.3 cm³/mol. The minimum Gasteiger partial charge on any atom is -0.390 e. The number of fused-ring (bicyclic) bond motifs is 1. The lowest BCUT2D eigenvalue weighted by Crippen LogP contribution is -2.40. The quantitative estimate of drug-likeness (QED) is 0.787. The number of hydrogen-bond donors (Lipinski definition) is 2. The van der Waals surface area contributed by atoms with Crippen molar-refractivity contribution in [3.63, 3.8) is 0 Å². The Labute approximate surface area is 100 Å². The van der Waals surface area contributed by atoms with Crippen LogP contribution in [0.2, 0.25) is 0 Å². The number of hydrogen-bond acceptors (Lipinski definition) is 3. The molecule has 0 spiro atoms. The summed E-state index contributed by atoms with van der Waals surface area (Å²) in [6, 6.07) is 9.74. The fraction of sp³-hybridized carbons (Fsp3) is 0.538. The van der Waals surface area contributed by atoms with Crippen molar-refractivity contribution in [2.45, 2.75) is 30.9 Å². The van der Waals surface area contributed by atoms with Crippen LogP contribution in [0.1, 0.15) is 5.56 Å². The maximum Gasteiger partial charge on any atom is 0.130 e. The molecular formula is C13H17FN2O. The Bertz CT molecular complexity index is 386. The maximum atomic E-state index is 13.8. The van der Waals surface area contributed by atoms with Gasteiger partial charge < -0.3 is 10.4 Å². The lowest BCUT2D eigenvalue weighted by molar-refractivity contribution is 0.0943. The summed E-state index contributed by atoms with van der Waals surface area (Å²) in [5.41, 5.74) is 1.17. The molecule has 3 nitrogen and oxygen atoms in total. The van der Waals surface area contributed by atoms with Crippen molar-refractivity contribution in [1.82, 2.24) is 10.2 Å². The van der Waals surface area contributed by atoms with Gasteiger partial charge in [0.25, 0.3) is 0 Å². The van der Waals surface area contributed by atoms with Crippen LogP contribution >= 0.6 is 0 Å². The molecule has 0 aliphatic carbocycles. The lowest BCUT2D eigenvalue weighted by Gasteiger charge is -2.25. The third-order valence-corrected chi connectivity index (χ3v) is 3.77. The SMILES string of the molecule is O[C@H]1CN[C@H]2[C@@H]1N(Cc1ccccc1)C[C@@H]2F. The standard InChI is InChI=1S/C13H17FN2O/c14-10-8-16(7-9-4-2-1-3-5-9)13-11(17)6-15-12(10)13/h1-5,10-13,15,17H,6-8H2/t10-,11-,12+,13+/m0/s1. The Kier molecular flexibility index (Phi) is 2.86. The highest BCUT2D eigenvalue weighted by Gasteiger charge is 2.49. The molecule has 2 aliphatic rings. The molecule has 17 heavy (non-hydrogen) atoms. The third-order valence-electron chi connectivity index (χ3n) is 3.77. The predicted octanol–water partition coefficient (Wildman–Crippen LogP) is 0.542. The van der Waals surface area contributed by atoms with Gasteiger partial charge in [-0.1, -0.05) is 30.3 Å². The first kappa shape index (κ1) is 11.1. The number of rotatable bonds is 2. The first-order chi connectivity index (χ1) is 8.25. The van der Waals surface area contributed by atoms with Gasteiger partial charge >= 0.3 is 0 Å². The Morgan fingerprint density at radius 3 is 2.88 bits per heavy atom. The first-order valence-electron chi connectivity index (χ1n) is 6.09. The molecule has 0 unspecified atom stereocenters. The van der Waals surface area contributed by atoms with E-state index in [1.54, 1.807) is 0 Å². The first-order valence-corrected chi connectivity index (χ1v) is 6.09. The number of likely N-dealkylation sites (tertiary alicyclic amines) is 1. The van der Waals surface area contributed by atoms with Crippen molar-refractivity contribution in [2.75, 3.05) is 13.1 Å². The van der Waals surface area contributed by atoms with Gasteiger partial charge in [-0.05, 0) is 5.56 Å². The van der Waals surface area contributed by atoms with E-state index in [4.69, 9.17) is 0 Å². The van der Waals surface area contributed by atoms with Gasteiger partial charge in [0.1, 0.15) is 6.17 Å². The smallest absolute Gasteiger partial charge is 0.130 e. The second-order valence-corrected chi connectivity index (χ2v) is 4.92. The Morgan fingerprint density at radius 1 is 1.35 bits per heavy atom. The molecule has 2 heterocycles. The zero-order chi connectivity index (χ0) is 11.8. The second kappa shape index (κ2) is 4.37. The van der Waals surface area contributed by atoms with Gasteiger partial charge in [-0.25, -0.2) is 4.39 Å². The minimum atomic E-state index is -0.874. The summed E-state index contributed by atoms with van der Waals surface area (Å²) in [6.07, 6.45) is -1.33. The van der Waals surface area contributed by atoms with E-state index in [-0.39, 0.29) is 12.1 Å². The van der Waals surface area contributed by atoms with Gasteiger partial charge in [0.15, 0.2) is 0 Å². The highest BCUT2D eigenvalue weighted by molar-refractivity contribution is 5.16. The number of nitrogens with zero attached hydrogens (tertiary/aromatic N) is 1. The van der Waals surface area contributed by atoms with Gasteiger partial charge in [0.05, 0.1) is 18.2 Å². The summed E-state index contributed by atoms with van der Waals surface area (Å²) in [5, 5.41) is 13.0. The van der Waals surface area contributed by atoms with Crippen LogP contribution in [-0.2, 0) is 6.54 Å². The van der Waals surface area contributed by atoms with E-state index in [2.05, 4.69) is 10.2 Å². The van der Waals surface area contributed by atoms with Gasteiger partial charge in [-0.3, -0.25) is 4.90 Å². The van der Waals surface area contributed by atoms with Gasteiger partial charge in [-0.2, -0.15) is 0 Å². The molecule has 0 amide bonds. The van der Waals surface area contributed by atoms with Crippen LogP contribution in [0.3, 0.4) is 0 Å². The summed E-state index contributed by atoms with van der Waals surface area (Å²) in [5.74, 6) is 0. The van der Waals surface area contributed by atoms with E-state index in [9.17, 15) is 9.50 Å². The molecule has 0 saturated carbocycles. The van der Waals surface area contributed by atoms with Crippen LogP contribution in [0.4, 0.5) is 4.39 Å². The molecular weight excluding hydrogens is 219 g/mol. The van der Waals surface area contributed by atoms with Crippen LogP contribution < -0.4 is 5.32 Å². The molecule has 2 aliphatic heterocycles. The molecule has 92 valence electrons. The Balaban J connectivity index is 1.75. The topological polar surface area (TPSA) is 35.5 Å². The van der Waals surface area contributed by atoms with E-state index < -0.39 is 12.3 Å². The average molecular weight is 236 g/mol. The zero-order valence-electron chi connectivity index (χ0n) is 9.59. The summed E-state index contributed by atoms with van der Waals surface area (Å²) < 4.78 is 13.8. The van der Waals surface area contributed by atoms with Crippen molar-refractivity contribution in [1.29, 1.82) is 0 Å². The molecule has 1 aromatic carbocycles. The summed E-state index contributed by atoms with van der Waals surface area (Å²) in [7, 11) is 0. The van der Waals surface area contributed by atoms with E-state index >= 15 is 0 Å². The number of benzene rings is 1. The lowest BCUT2D eigenvalue weighted by atomic mass is 10.1. The minimum absolute atomic E-state index is 0.0785. The number of aliphatic hydroxyl groups excluding tert-OH is 1. The van der Waals surface area contributed by atoms with Crippen molar-refractivity contribution < 1.29 is 9.50 Å². The van der Waals surface area contributed by atoms with Gasteiger partial charge in [0, 0.05) is 19.6 Å². The van der Waals surface area contributed by atoms with Crippen LogP contribution in [0.5, 0.6) is 0 Å². The number of nitrogens with one attached hydrogen (secondary N) is 1. The Hall–Kier alpha value is -0.970. The molecule has 3 rings (SSSR count). The van der Waals surface area contributed by atoms with Crippen LogP contribution in [0, 0.1) is 0 Å². The van der Waals surface area contributed by atoms with Gasteiger partial charge in [-0.15, -0.1) is 0 Å². The van der Waals surface area contributed by atoms with E-state index in [1.807, 2.05) is 30.3 Å². The number of aliphatic hydroxyl groups is 1. The van der Waals surface area contributed by atoms with Crippen molar-refractivity contribution in [2.24, 2.45) is 0 Å². The van der Waals surface area contributed by atoms with Crippen LogP contribution in [0.25, 0.3) is 0 Å². The highest BCUT2D eigenvalue weighted by Crippen LogP contribution is 2.29. The maximum absolute atomic E-state index is 13.8. The molecule has 1 aromatic rings. The number of β-amino-alcohol motifs (C(OH)–C–C–N with tert-alkyl or cyclic N) is 1. The van der Waals surface area contributed by atoms with Crippen LogP contribution in [-0.4, -0.2) is 47.5 Å². The van der Waals surface area contributed by atoms with Crippen molar-refractivity contribution in [3.05, 3.63) is 35.9 Å². The van der Waals surface area contributed by atoms with Crippen molar-refractivity contribution in [3.8, 4) is 0 Å². The summed E-state index contributed by atoms with van der Waals surface area (Å²) >= 11 is 0. The fourth-order valence-corrected chi connectivity index (χ4v) is 3.00. The molecule has 0 bridgehead atoms. The molecule has 2 fully saturated rings. The average Bonchev–Trinajstić information content (AvgIpc) is 2.84. The Morgan fingerprint density at radius 2 is 2.12 bits per heavy atom. The van der Waals surface area contributed by atoms with Crippen LogP contribution in [0.15, 0.2) is 30.3 Å². The van der Waals surface area contributed by atoms with Gasteiger partial charge in [0.2, 0.25) is 0 Å². The second-order valence-electron chi connectivity index (χ2n) is 4.92. The monoisotopic (exact) mass is 236 g/mol. The molecule has 0 aromatic heterocycles. The molecule has 4 atom stereocenters. The molecule has 4 heteroatoms. The zero-order valence-corrected chi connectivity index (χ0v) is 9.59. The molecule has 2 saturated heterocycles.